The monoisotopic (exact) mass is 531 g/mol. The summed E-state index contributed by atoms with van der Waals surface area (Å²) in [5, 5.41) is 15.4. The van der Waals surface area contributed by atoms with Crippen LogP contribution in [0, 0.1) is 0 Å². The number of carbonyl (C=O) groups is 2. The summed E-state index contributed by atoms with van der Waals surface area (Å²) in [6.45, 7) is 4.33. The maximum Gasteiger partial charge on any atom is 0.244 e. The molecule has 1 aromatic heterocycles. The van der Waals surface area contributed by atoms with Crippen LogP contribution in [0.25, 0.3) is 6.08 Å². The molecule has 3 aromatic rings. The van der Waals surface area contributed by atoms with E-state index in [-0.39, 0.29) is 24.1 Å². The highest BCUT2D eigenvalue weighted by atomic mass is 35.5. The number of rotatable bonds is 11. The Morgan fingerprint density at radius 2 is 2.00 bits per heavy atom. The topological polar surface area (TPSA) is 98.1 Å². The lowest BCUT2D eigenvalue weighted by Crippen LogP contribution is -2.23. The molecular formula is C24H23Cl2N5O3S. The van der Waals surface area contributed by atoms with Crippen LogP contribution >= 0.6 is 35.0 Å². The first-order valence-electron chi connectivity index (χ1n) is 10.4. The number of anilines is 1. The molecule has 2 aromatic carbocycles. The van der Waals surface area contributed by atoms with Crippen LogP contribution in [0.4, 0.5) is 5.69 Å². The zero-order valence-corrected chi connectivity index (χ0v) is 21.2. The molecule has 0 aliphatic heterocycles. The van der Waals surface area contributed by atoms with Gasteiger partial charge in [0.15, 0.2) is 11.0 Å². The number of thioether (sulfide) groups is 1. The minimum Gasteiger partial charge on any atom is -0.495 e. The maximum absolute atomic E-state index is 12.5. The summed E-state index contributed by atoms with van der Waals surface area (Å²) < 4.78 is 7.03. The van der Waals surface area contributed by atoms with E-state index in [1.54, 1.807) is 41.0 Å². The molecule has 0 saturated carbocycles. The highest BCUT2D eigenvalue weighted by Crippen LogP contribution is 2.28. The van der Waals surface area contributed by atoms with Gasteiger partial charge in [0.25, 0.3) is 0 Å². The lowest BCUT2D eigenvalue weighted by Gasteiger charge is -2.11. The van der Waals surface area contributed by atoms with Crippen molar-refractivity contribution in [3.63, 3.8) is 0 Å². The minimum absolute atomic E-state index is 0.0812. The Balaban J connectivity index is 1.59. The van der Waals surface area contributed by atoms with E-state index in [0.717, 1.165) is 5.56 Å². The molecule has 0 atom stereocenters. The normalized spacial score (nSPS) is 10.8. The molecule has 0 radical (unpaired) electrons. The van der Waals surface area contributed by atoms with Crippen molar-refractivity contribution >= 4 is 58.5 Å². The molecule has 0 saturated heterocycles. The Hall–Kier alpha value is -3.27. The number of nitrogens with one attached hydrogen (secondary N) is 2. The molecule has 0 aliphatic carbocycles. The third-order valence-corrected chi connectivity index (χ3v) is 6.16. The van der Waals surface area contributed by atoms with Crippen molar-refractivity contribution in [1.82, 2.24) is 20.1 Å². The third kappa shape index (κ3) is 7.61. The molecule has 1 heterocycles. The molecule has 0 fully saturated rings. The highest BCUT2D eigenvalue weighted by Gasteiger charge is 2.15. The van der Waals surface area contributed by atoms with Gasteiger partial charge in [0, 0.05) is 22.7 Å². The highest BCUT2D eigenvalue weighted by molar-refractivity contribution is 7.99. The number of halogens is 2. The van der Waals surface area contributed by atoms with Gasteiger partial charge in [-0.1, -0.05) is 59.2 Å². The van der Waals surface area contributed by atoms with E-state index >= 15 is 0 Å². The van der Waals surface area contributed by atoms with Gasteiger partial charge in [-0.05, 0) is 35.9 Å². The zero-order valence-electron chi connectivity index (χ0n) is 18.8. The molecular weight excluding hydrogens is 509 g/mol. The first kappa shape index (κ1) is 26.3. The van der Waals surface area contributed by atoms with Crippen molar-refractivity contribution in [3.05, 3.63) is 82.6 Å². The molecule has 0 bridgehead atoms. The summed E-state index contributed by atoms with van der Waals surface area (Å²) in [5.74, 6) is 0.552. The van der Waals surface area contributed by atoms with Gasteiger partial charge in [0.05, 0.1) is 25.1 Å². The SMILES string of the molecule is C=CCn1c(CNC(=O)/C=C/c2ccccc2Cl)nnc1SCC(=O)Nc1cc(Cl)ccc1OC. The number of hydrogen-bond donors (Lipinski definition) is 2. The van der Waals surface area contributed by atoms with E-state index < -0.39 is 0 Å². The van der Waals surface area contributed by atoms with Crippen LogP contribution in [0.5, 0.6) is 5.75 Å². The van der Waals surface area contributed by atoms with Crippen LogP contribution in [0.15, 0.2) is 66.4 Å². The van der Waals surface area contributed by atoms with Crippen LogP contribution in [0.1, 0.15) is 11.4 Å². The third-order valence-electron chi connectivity index (χ3n) is 4.61. The Morgan fingerprint density at radius 1 is 1.20 bits per heavy atom. The van der Waals surface area contributed by atoms with E-state index in [2.05, 4.69) is 27.4 Å². The second kappa shape index (κ2) is 13.0. The summed E-state index contributed by atoms with van der Waals surface area (Å²) in [7, 11) is 1.51. The predicted molar refractivity (Wildman–Crippen MR) is 140 cm³/mol. The predicted octanol–water partition coefficient (Wildman–Crippen LogP) is 4.84. The standard InChI is InChI=1S/C24H23Cl2N5O3S/c1-3-12-31-21(14-27-22(32)11-8-16-6-4-5-7-18(16)26)29-30-24(31)35-15-23(33)28-19-13-17(25)9-10-20(19)34-2/h3-11,13H,1,12,14-15H2,2H3,(H,27,32)(H,28,33)/b11-8+. The number of benzene rings is 2. The molecule has 0 aliphatic rings. The molecule has 0 spiro atoms. The van der Waals surface area contributed by atoms with Crippen molar-refractivity contribution in [3.8, 4) is 5.75 Å². The summed E-state index contributed by atoms with van der Waals surface area (Å²) in [5.41, 5.74) is 1.22. The summed E-state index contributed by atoms with van der Waals surface area (Å²) in [6, 6.07) is 12.2. The molecule has 35 heavy (non-hydrogen) atoms. The largest absolute Gasteiger partial charge is 0.495 e. The van der Waals surface area contributed by atoms with Gasteiger partial charge in [-0.2, -0.15) is 0 Å². The van der Waals surface area contributed by atoms with Gasteiger partial charge in [-0.15, -0.1) is 16.8 Å². The minimum atomic E-state index is -0.304. The quantitative estimate of drug-likeness (QED) is 0.208. The number of allylic oxidation sites excluding steroid dienone is 1. The fourth-order valence-electron chi connectivity index (χ4n) is 2.96. The van der Waals surface area contributed by atoms with Gasteiger partial charge >= 0.3 is 0 Å². The molecule has 2 amide bonds. The Kier molecular flexibility index (Phi) is 9.77. The van der Waals surface area contributed by atoms with E-state index in [1.807, 2.05) is 18.2 Å². The zero-order chi connectivity index (χ0) is 25.2. The summed E-state index contributed by atoms with van der Waals surface area (Å²) in [6.07, 6.45) is 4.73. The number of ether oxygens (including phenoxy) is 1. The number of aromatic nitrogens is 3. The molecule has 2 N–H and O–H groups in total. The van der Waals surface area contributed by atoms with Gasteiger partial charge in [0.2, 0.25) is 11.8 Å². The number of methoxy groups -OCH3 is 1. The van der Waals surface area contributed by atoms with Crippen LogP contribution < -0.4 is 15.4 Å². The van der Waals surface area contributed by atoms with Gasteiger partial charge < -0.3 is 19.9 Å². The van der Waals surface area contributed by atoms with E-state index in [4.69, 9.17) is 27.9 Å². The Bertz CT molecular complexity index is 1250. The Morgan fingerprint density at radius 3 is 2.74 bits per heavy atom. The van der Waals surface area contributed by atoms with Crippen molar-refractivity contribution < 1.29 is 14.3 Å². The molecule has 182 valence electrons. The van der Waals surface area contributed by atoms with Crippen molar-refractivity contribution in [2.45, 2.75) is 18.2 Å². The van der Waals surface area contributed by atoms with Crippen molar-refractivity contribution in [1.29, 1.82) is 0 Å². The van der Waals surface area contributed by atoms with Crippen LogP contribution in [-0.4, -0.2) is 39.4 Å². The van der Waals surface area contributed by atoms with Crippen molar-refractivity contribution in [2.75, 3.05) is 18.2 Å². The van der Waals surface area contributed by atoms with Crippen LogP contribution in [-0.2, 0) is 22.7 Å². The van der Waals surface area contributed by atoms with Gasteiger partial charge in [0.1, 0.15) is 5.75 Å². The maximum atomic E-state index is 12.5. The fourth-order valence-corrected chi connectivity index (χ4v) is 4.10. The van der Waals surface area contributed by atoms with E-state index in [0.29, 0.717) is 39.0 Å². The first-order chi connectivity index (χ1) is 16.9. The summed E-state index contributed by atoms with van der Waals surface area (Å²) >= 11 is 13.3. The lowest BCUT2D eigenvalue weighted by molar-refractivity contribution is -0.116. The molecule has 11 heteroatoms. The van der Waals surface area contributed by atoms with Gasteiger partial charge in [-0.25, -0.2) is 0 Å². The number of hydrogen-bond acceptors (Lipinski definition) is 6. The lowest BCUT2D eigenvalue weighted by atomic mass is 10.2. The number of carbonyl (C=O) groups excluding carboxylic acids is 2. The molecule has 8 nitrogen and oxygen atoms in total. The van der Waals surface area contributed by atoms with E-state index in [9.17, 15) is 9.59 Å². The Labute approximate surface area is 217 Å². The molecule has 0 unspecified atom stereocenters. The second-order valence-electron chi connectivity index (χ2n) is 7.05. The van der Waals surface area contributed by atoms with Crippen LogP contribution in [0.2, 0.25) is 10.0 Å². The van der Waals surface area contributed by atoms with Gasteiger partial charge in [-0.3, -0.25) is 9.59 Å². The fraction of sp³-hybridized carbons (Fsp3) is 0.167. The number of amides is 2. The molecule has 3 rings (SSSR count). The van der Waals surface area contributed by atoms with Crippen molar-refractivity contribution in [2.24, 2.45) is 0 Å². The van der Waals surface area contributed by atoms with Crippen LogP contribution in [0.3, 0.4) is 0 Å². The second-order valence-corrected chi connectivity index (χ2v) is 8.84. The average Bonchev–Trinajstić information content (AvgIpc) is 3.22. The average molecular weight is 532 g/mol. The smallest absolute Gasteiger partial charge is 0.244 e. The summed E-state index contributed by atoms with van der Waals surface area (Å²) in [4.78, 5) is 24.7. The first-order valence-corrected chi connectivity index (χ1v) is 12.1. The van der Waals surface area contributed by atoms with E-state index in [1.165, 1.54) is 24.9 Å². The number of nitrogens with zero attached hydrogens (tertiary/aromatic N) is 3.